The Morgan fingerprint density at radius 2 is 1.52 bits per heavy atom. The second kappa shape index (κ2) is 4.74. The average molecular weight is 274 g/mol. The number of carbonyl (C=O) groups excluding carboxylic acids is 1. The molecule has 4 rings (SSSR count). The Kier molecular flexibility index (Phi) is 2.74. The van der Waals surface area contributed by atoms with Gasteiger partial charge in [0.25, 0.3) is 0 Å². The lowest BCUT2D eigenvalue weighted by Gasteiger charge is -2.22. The summed E-state index contributed by atoms with van der Waals surface area (Å²) in [4.78, 5) is 11.8. The van der Waals surface area contributed by atoms with Crippen LogP contribution in [0.25, 0.3) is 21.5 Å². The second-order valence-corrected chi connectivity index (χ2v) is 5.33. The molecule has 1 heterocycles. The van der Waals surface area contributed by atoms with E-state index in [1.165, 1.54) is 23.1 Å². The molecule has 0 saturated carbocycles. The van der Waals surface area contributed by atoms with Crippen molar-refractivity contribution in [2.45, 2.75) is 12.5 Å². The van der Waals surface area contributed by atoms with E-state index in [0.29, 0.717) is 6.42 Å². The molecule has 1 atom stereocenters. The number of allylic oxidation sites excluding steroid dienone is 1. The maximum absolute atomic E-state index is 11.8. The van der Waals surface area contributed by atoms with Crippen molar-refractivity contribution in [1.29, 1.82) is 0 Å². The van der Waals surface area contributed by atoms with Gasteiger partial charge in [-0.25, -0.2) is 0 Å². The normalized spacial score (nSPS) is 18.1. The minimum Gasteiger partial charge on any atom is -0.493 e. The zero-order valence-electron chi connectivity index (χ0n) is 11.5. The number of fused-ring (bicyclic) bond motifs is 2. The number of hydrogen-bond donors (Lipinski definition) is 0. The number of hydrogen-bond acceptors (Lipinski definition) is 2. The SMILES string of the molecule is O=C1C=COC(c2c3ccccc3cc3ccccc23)C1. The third-order valence-corrected chi connectivity index (χ3v) is 4.02. The summed E-state index contributed by atoms with van der Waals surface area (Å²) in [7, 11) is 0. The molecule has 21 heavy (non-hydrogen) atoms. The van der Waals surface area contributed by atoms with Crippen LogP contribution in [-0.4, -0.2) is 5.78 Å². The van der Waals surface area contributed by atoms with Crippen LogP contribution in [0.15, 0.2) is 66.9 Å². The zero-order valence-corrected chi connectivity index (χ0v) is 11.5. The van der Waals surface area contributed by atoms with E-state index in [0.717, 1.165) is 16.3 Å². The topological polar surface area (TPSA) is 26.3 Å². The summed E-state index contributed by atoms with van der Waals surface area (Å²) in [5, 5.41) is 4.67. The molecule has 1 aliphatic heterocycles. The molecule has 2 nitrogen and oxygen atoms in total. The van der Waals surface area contributed by atoms with Crippen molar-refractivity contribution in [3.63, 3.8) is 0 Å². The first kappa shape index (κ1) is 12.2. The highest BCUT2D eigenvalue weighted by atomic mass is 16.5. The molecule has 0 saturated heterocycles. The van der Waals surface area contributed by atoms with Crippen LogP contribution in [0, 0.1) is 0 Å². The minimum absolute atomic E-state index is 0.114. The fraction of sp³-hybridized carbons (Fsp3) is 0.105. The Balaban J connectivity index is 2.07. The predicted molar refractivity (Wildman–Crippen MR) is 84.0 cm³/mol. The third-order valence-electron chi connectivity index (χ3n) is 4.02. The fourth-order valence-corrected chi connectivity index (χ4v) is 3.07. The Bertz CT molecular complexity index is 823. The molecule has 0 radical (unpaired) electrons. The van der Waals surface area contributed by atoms with Gasteiger partial charge < -0.3 is 4.74 Å². The van der Waals surface area contributed by atoms with Crippen LogP contribution in [0.4, 0.5) is 0 Å². The molecule has 0 aromatic heterocycles. The van der Waals surface area contributed by atoms with Gasteiger partial charge in [0.15, 0.2) is 5.78 Å². The van der Waals surface area contributed by atoms with Crippen LogP contribution in [-0.2, 0) is 9.53 Å². The molecule has 0 amide bonds. The van der Waals surface area contributed by atoms with Crippen LogP contribution in [0.5, 0.6) is 0 Å². The van der Waals surface area contributed by atoms with Crippen LogP contribution in [0.1, 0.15) is 18.1 Å². The van der Waals surface area contributed by atoms with Crippen molar-refractivity contribution < 1.29 is 9.53 Å². The number of ether oxygens (including phenoxy) is 1. The summed E-state index contributed by atoms with van der Waals surface area (Å²) in [5.74, 6) is 0.114. The Hall–Kier alpha value is -2.61. The van der Waals surface area contributed by atoms with E-state index in [1.807, 2.05) is 24.3 Å². The van der Waals surface area contributed by atoms with E-state index in [1.54, 1.807) is 0 Å². The molecule has 0 bridgehead atoms. The van der Waals surface area contributed by atoms with Crippen molar-refractivity contribution in [2.24, 2.45) is 0 Å². The van der Waals surface area contributed by atoms with Gasteiger partial charge in [0.2, 0.25) is 0 Å². The molecular formula is C19H14O2. The number of rotatable bonds is 1. The first-order valence-electron chi connectivity index (χ1n) is 7.08. The molecule has 1 unspecified atom stereocenters. The maximum atomic E-state index is 11.8. The Morgan fingerprint density at radius 1 is 0.905 bits per heavy atom. The molecule has 0 aliphatic carbocycles. The van der Waals surface area contributed by atoms with Gasteiger partial charge in [0.05, 0.1) is 12.7 Å². The van der Waals surface area contributed by atoms with Crippen LogP contribution in [0.2, 0.25) is 0 Å². The quantitative estimate of drug-likeness (QED) is 0.609. The van der Waals surface area contributed by atoms with E-state index < -0.39 is 0 Å². The van der Waals surface area contributed by atoms with Crippen LogP contribution < -0.4 is 0 Å². The van der Waals surface area contributed by atoms with Gasteiger partial charge in [-0.3, -0.25) is 4.79 Å². The predicted octanol–water partition coefficient (Wildman–Crippen LogP) is 4.54. The summed E-state index contributed by atoms with van der Waals surface area (Å²) in [5.41, 5.74) is 1.11. The van der Waals surface area contributed by atoms with Gasteiger partial charge >= 0.3 is 0 Å². The molecule has 102 valence electrons. The lowest BCUT2D eigenvalue weighted by molar-refractivity contribution is -0.118. The maximum Gasteiger partial charge on any atom is 0.162 e. The van der Waals surface area contributed by atoms with Crippen molar-refractivity contribution in [3.8, 4) is 0 Å². The van der Waals surface area contributed by atoms with Crippen molar-refractivity contribution in [3.05, 3.63) is 72.5 Å². The molecule has 1 aliphatic rings. The van der Waals surface area contributed by atoms with Gasteiger partial charge in [-0.1, -0.05) is 48.5 Å². The van der Waals surface area contributed by atoms with E-state index in [2.05, 4.69) is 30.3 Å². The first-order chi connectivity index (χ1) is 10.3. The summed E-state index contributed by atoms with van der Waals surface area (Å²) in [6.07, 6.45) is 3.21. The highest BCUT2D eigenvalue weighted by Crippen LogP contribution is 2.37. The largest absolute Gasteiger partial charge is 0.493 e. The molecule has 0 fully saturated rings. The van der Waals surface area contributed by atoms with Gasteiger partial charge in [0.1, 0.15) is 6.10 Å². The highest BCUT2D eigenvalue weighted by Gasteiger charge is 2.23. The first-order valence-corrected chi connectivity index (χ1v) is 7.08. The van der Waals surface area contributed by atoms with Crippen LogP contribution >= 0.6 is 0 Å². The number of ketones is 1. The average Bonchev–Trinajstić information content (AvgIpc) is 2.52. The zero-order chi connectivity index (χ0) is 14.2. The fourth-order valence-electron chi connectivity index (χ4n) is 3.07. The summed E-state index contributed by atoms with van der Waals surface area (Å²) < 4.78 is 5.75. The van der Waals surface area contributed by atoms with E-state index in [-0.39, 0.29) is 11.9 Å². The van der Waals surface area contributed by atoms with Crippen molar-refractivity contribution in [2.75, 3.05) is 0 Å². The minimum atomic E-state index is -0.210. The highest BCUT2D eigenvalue weighted by molar-refractivity contribution is 6.03. The standard InChI is InChI=1S/C19H14O2/c20-15-9-10-21-18(12-15)19-16-7-3-1-5-13(16)11-14-6-2-4-8-17(14)19/h1-11,18H,12H2. The smallest absolute Gasteiger partial charge is 0.162 e. The second-order valence-electron chi connectivity index (χ2n) is 5.33. The molecule has 0 spiro atoms. The van der Waals surface area contributed by atoms with E-state index in [4.69, 9.17) is 4.74 Å². The lowest BCUT2D eigenvalue weighted by atomic mass is 9.91. The van der Waals surface area contributed by atoms with Gasteiger partial charge in [-0.05, 0) is 27.6 Å². The summed E-state index contributed by atoms with van der Waals surface area (Å²) in [6, 6.07) is 18.7. The van der Waals surface area contributed by atoms with Gasteiger partial charge in [0, 0.05) is 11.6 Å². The lowest BCUT2D eigenvalue weighted by Crippen LogP contribution is -2.12. The van der Waals surface area contributed by atoms with Crippen molar-refractivity contribution >= 4 is 27.3 Å². The Labute approximate surface area is 122 Å². The van der Waals surface area contributed by atoms with E-state index in [9.17, 15) is 4.79 Å². The summed E-state index contributed by atoms with van der Waals surface area (Å²) >= 11 is 0. The van der Waals surface area contributed by atoms with E-state index >= 15 is 0 Å². The number of benzene rings is 3. The van der Waals surface area contributed by atoms with Gasteiger partial charge in [-0.15, -0.1) is 0 Å². The monoisotopic (exact) mass is 274 g/mol. The molecule has 0 N–H and O–H groups in total. The van der Waals surface area contributed by atoms with Crippen molar-refractivity contribution in [1.82, 2.24) is 0 Å². The third kappa shape index (κ3) is 2.00. The Morgan fingerprint density at radius 3 is 2.14 bits per heavy atom. The molecule has 3 aromatic carbocycles. The molecular weight excluding hydrogens is 260 g/mol. The van der Waals surface area contributed by atoms with Crippen LogP contribution in [0.3, 0.4) is 0 Å². The number of carbonyl (C=O) groups is 1. The van der Waals surface area contributed by atoms with Gasteiger partial charge in [-0.2, -0.15) is 0 Å². The molecule has 2 heteroatoms. The summed E-state index contributed by atoms with van der Waals surface area (Å²) in [6.45, 7) is 0. The molecule has 3 aromatic rings.